The minimum atomic E-state index is -0.748. The van der Waals surface area contributed by atoms with Crippen LogP contribution in [-0.2, 0) is 11.3 Å². The van der Waals surface area contributed by atoms with Crippen LogP contribution in [0, 0.1) is 6.92 Å². The van der Waals surface area contributed by atoms with Gasteiger partial charge in [-0.1, -0.05) is 0 Å². The Labute approximate surface area is 94.1 Å². The topological polar surface area (TPSA) is 66.6 Å². The Morgan fingerprint density at radius 3 is 2.94 bits per heavy atom. The predicted octanol–water partition coefficient (Wildman–Crippen LogP) is 1.42. The van der Waals surface area contributed by atoms with Gasteiger partial charge in [-0.3, -0.25) is 9.69 Å². The lowest BCUT2D eigenvalue weighted by Gasteiger charge is -2.19. The summed E-state index contributed by atoms with van der Waals surface area (Å²) in [5.41, 5.74) is 0.914. The molecule has 1 N–H and O–H groups in total. The standard InChI is InChI=1S/C11H16N2O3/c1-8-10(12-7-16-8)6-13(9-2-3-9)5-4-11(14)15/h7,9H,2-6H2,1H3,(H,14,15). The third-order valence-electron chi connectivity index (χ3n) is 2.87. The fourth-order valence-electron chi connectivity index (χ4n) is 1.74. The predicted molar refractivity (Wildman–Crippen MR) is 56.9 cm³/mol. The van der Waals surface area contributed by atoms with Crippen molar-refractivity contribution in [1.29, 1.82) is 0 Å². The van der Waals surface area contributed by atoms with Crippen molar-refractivity contribution in [3.05, 3.63) is 17.8 Å². The second-order valence-electron chi connectivity index (χ2n) is 4.20. The number of rotatable bonds is 6. The van der Waals surface area contributed by atoms with Crippen LogP contribution in [0.25, 0.3) is 0 Å². The summed E-state index contributed by atoms with van der Waals surface area (Å²) in [5.74, 6) is 0.0727. The van der Waals surface area contributed by atoms with Crippen LogP contribution in [0.5, 0.6) is 0 Å². The average Bonchev–Trinajstić information content (AvgIpc) is 2.99. The smallest absolute Gasteiger partial charge is 0.304 e. The molecule has 0 amide bonds. The van der Waals surface area contributed by atoms with E-state index in [4.69, 9.17) is 9.52 Å². The third-order valence-corrected chi connectivity index (χ3v) is 2.87. The molecule has 5 heteroatoms. The summed E-state index contributed by atoms with van der Waals surface area (Å²) < 4.78 is 5.14. The molecule has 1 fully saturated rings. The maximum Gasteiger partial charge on any atom is 0.304 e. The summed E-state index contributed by atoms with van der Waals surface area (Å²) in [6.45, 7) is 3.16. The number of carboxylic acid groups (broad SMARTS) is 1. The summed E-state index contributed by atoms with van der Waals surface area (Å²) in [6, 6.07) is 0.537. The fourth-order valence-corrected chi connectivity index (χ4v) is 1.74. The van der Waals surface area contributed by atoms with Gasteiger partial charge in [0.1, 0.15) is 5.76 Å². The normalized spacial score (nSPS) is 15.6. The molecule has 0 saturated heterocycles. The Hall–Kier alpha value is -1.36. The van der Waals surface area contributed by atoms with E-state index in [9.17, 15) is 4.79 Å². The van der Waals surface area contributed by atoms with E-state index in [1.54, 1.807) is 0 Å². The lowest BCUT2D eigenvalue weighted by Crippen LogP contribution is -2.28. The number of oxazole rings is 1. The highest BCUT2D eigenvalue weighted by atomic mass is 16.4. The first-order valence-corrected chi connectivity index (χ1v) is 5.51. The summed E-state index contributed by atoms with van der Waals surface area (Å²) in [6.07, 6.45) is 3.95. The summed E-state index contributed by atoms with van der Waals surface area (Å²) in [7, 11) is 0. The number of aryl methyl sites for hydroxylation is 1. The lowest BCUT2D eigenvalue weighted by atomic mass is 10.3. The highest BCUT2D eigenvalue weighted by Gasteiger charge is 2.29. The van der Waals surface area contributed by atoms with Gasteiger partial charge < -0.3 is 9.52 Å². The van der Waals surface area contributed by atoms with Gasteiger partial charge in [-0.05, 0) is 19.8 Å². The van der Waals surface area contributed by atoms with E-state index in [1.807, 2.05) is 6.92 Å². The highest BCUT2D eigenvalue weighted by Crippen LogP contribution is 2.28. The Morgan fingerprint density at radius 1 is 1.69 bits per heavy atom. The van der Waals surface area contributed by atoms with E-state index in [2.05, 4.69) is 9.88 Å². The molecule has 0 aromatic carbocycles. The van der Waals surface area contributed by atoms with E-state index in [1.165, 1.54) is 6.39 Å². The molecule has 1 aromatic rings. The van der Waals surface area contributed by atoms with Gasteiger partial charge in [0.15, 0.2) is 6.39 Å². The van der Waals surface area contributed by atoms with Crippen LogP contribution in [0.3, 0.4) is 0 Å². The van der Waals surface area contributed by atoms with Crippen LogP contribution < -0.4 is 0 Å². The Morgan fingerprint density at radius 2 is 2.44 bits per heavy atom. The molecule has 0 unspecified atom stereocenters. The van der Waals surface area contributed by atoms with Crippen molar-refractivity contribution in [2.45, 2.75) is 38.8 Å². The number of hydrogen-bond acceptors (Lipinski definition) is 4. The number of carbonyl (C=O) groups is 1. The molecule has 1 saturated carbocycles. The van der Waals surface area contributed by atoms with Crippen molar-refractivity contribution in [3.8, 4) is 0 Å². The zero-order chi connectivity index (χ0) is 11.5. The van der Waals surface area contributed by atoms with Crippen LogP contribution >= 0.6 is 0 Å². The van der Waals surface area contributed by atoms with Crippen LogP contribution in [-0.4, -0.2) is 33.5 Å². The van der Waals surface area contributed by atoms with Crippen molar-refractivity contribution in [1.82, 2.24) is 9.88 Å². The number of nitrogens with zero attached hydrogens (tertiary/aromatic N) is 2. The molecular weight excluding hydrogens is 208 g/mol. The van der Waals surface area contributed by atoms with Crippen molar-refractivity contribution in [3.63, 3.8) is 0 Å². The maximum absolute atomic E-state index is 10.6. The van der Waals surface area contributed by atoms with Crippen LogP contribution in [0.2, 0.25) is 0 Å². The summed E-state index contributed by atoms with van der Waals surface area (Å²) in [5, 5.41) is 8.68. The van der Waals surface area contributed by atoms with E-state index < -0.39 is 5.97 Å². The Balaban J connectivity index is 1.92. The molecule has 16 heavy (non-hydrogen) atoms. The second kappa shape index (κ2) is 4.65. The number of aliphatic carboxylic acids is 1. The second-order valence-corrected chi connectivity index (χ2v) is 4.20. The Bertz CT molecular complexity index is 371. The molecule has 2 rings (SSSR count). The molecule has 0 bridgehead atoms. The molecule has 0 atom stereocenters. The van der Waals surface area contributed by atoms with Crippen molar-refractivity contribution in [2.24, 2.45) is 0 Å². The minimum Gasteiger partial charge on any atom is -0.481 e. The molecule has 0 spiro atoms. The first-order valence-electron chi connectivity index (χ1n) is 5.51. The third kappa shape index (κ3) is 2.82. The van der Waals surface area contributed by atoms with E-state index in [0.717, 1.165) is 24.3 Å². The van der Waals surface area contributed by atoms with Gasteiger partial charge >= 0.3 is 5.97 Å². The van der Waals surface area contributed by atoms with Gasteiger partial charge in [-0.15, -0.1) is 0 Å². The van der Waals surface area contributed by atoms with Gasteiger partial charge in [-0.25, -0.2) is 4.98 Å². The van der Waals surface area contributed by atoms with Crippen LogP contribution in [0.15, 0.2) is 10.8 Å². The first kappa shape index (κ1) is 11.1. The summed E-state index contributed by atoms with van der Waals surface area (Å²) >= 11 is 0. The van der Waals surface area contributed by atoms with Gasteiger partial charge in [0.2, 0.25) is 0 Å². The largest absolute Gasteiger partial charge is 0.481 e. The molecule has 0 radical (unpaired) electrons. The first-order chi connectivity index (χ1) is 7.66. The van der Waals surface area contributed by atoms with Crippen molar-refractivity contribution < 1.29 is 14.3 Å². The molecule has 1 aliphatic carbocycles. The Kier molecular flexibility index (Phi) is 3.24. The van der Waals surface area contributed by atoms with Crippen LogP contribution in [0.1, 0.15) is 30.7 Å². The quantitative estimate of drug-likeness (QED) is 0.791. The van der Waals surface area contributed by atoms with Gasteiger partial charge in [0, 0.05) is 19.1 Å². The van der Waals surface area contributed by atoms with Crippen LogP contribution in [0.4, 0.5) is 0 Å². The average molecular weight is 224 g/mol. The zero-order valence-corrected chi connectivity index (χ0v) is 9.35. The van der Waals surface area contributed by atoms with Gasteiger partial charge in [0.05, 0.1) is 12.1 Å². The van der Waals surface area contributed by atoms with Gasteiger partial charge in [-0.2, -0.15) is 0 Å². The number of aromatic nitrogens is 1. The van der Waals surface area contributed by atoms with E-state index in [0.29, 0.717) is 19.1 Å². The fraction of sp³-hybridized carbons (Fsp3) is 0.636. The SMILES string of the molecule is Cc1ocnc1CN(CCC(=O)O)C1CC1. The number of carboxylic acids is 1. The van der Waals surface area contributed by atoms with Crippen molar-refractivity contribution >= 4 is 5.97 Å². The highest BCUT2D eigenvalue weighted by molar-refractivity contribution is 5.66. The molecule has 1 heterocycles. The zero-order valence-electron chi connectivity index (χ0n) is 9.35. The van der Waals surface area contributed by atoms with E-state index in [-0.39, 0.29) is 6.42 Å². The number of hydrogen-bond donors (Lipinski definition) is 1. The lowest BCUT2D eigenvalue weighted by molar-refractivity contribution is -0.137. The molecule has 1 aromatic heterocycles. The molecule has 88 valence electrons. The summed E-state index contributed by atoms with van der Waals surface area (Å²) in [4.78, 5) is 16.9. The maximum atomic E-state index is 10.6. The molecule has 1 aliphatic rings. The molecule has 0 aliphatic heterocycles. The molecular formula is C11H16N2O3. The minimum absolute atomic E-state index is 0.188. The molecule has 5 nitrogen and oxygen atoms in total. The van der Waals surface area contributed by atoms with Crippen molar-refractivity contribution in [2.75, 3.05) is 6.54 Å². The van der Waals surface area contributed by atoms with E-state index >= 15 is 0 Å². The monoisotopic (exact) mass is 224 g/mol. The van der Waals surface area contributed by atoms with Gasteiger partial charge in [0.25, 0.3) is 0 Å².